The third-order valence-corrected chi connectivity index (χ3v) is 5.65. The van der Waals surface area contributed by atoms with Gasteiger partial charge in [-0.3, -0.25) is 0 Å². The van der Waals surface area contributed by atoms with Gasteiger partial charge in [-0.05, 0) is 23.6 Å². The van der Waals surface area contributed by atoms with Crippen LogP contribution in [0.15, 0.2) is 46.0 Å². The highest BCUT2D eigenvalue weighted by Crippen LogP contribution is 2.30. The highest BCUT2D eigenvalue weighted by molar-refractivity contribution is 7.91. The molecule has 1 aromatic heterocycles. The summed E-state index contributed by atoms with van der Waals surface area (Å²) in [6, 6.07) is 10.6. The maximum absolute atomic E-state index is 12.0. The first kappa shape index (κ1) is 13.4. The van der Waals surface area contributed by atoms with Gasteiger partial charge in [-0.25, -0.2) is 13.1 Å². The first-order chi connectivity index (χ1) is 9.65. The van der Waals surface area contributed by atoms with Crippen LogP contribution in [0.2, 0.25) is 0 Å². The Morgan fingerprint density at radius 2 is 2.00 bits per heavy atom. The van der Waals surface area contributed by atoms with Crippen LogP contribution in [0.5, 0.6) is 11.5 Å². The standard InChI is InChI=1S/C13H13NO4S2/c15-20(16,13-6-3-7-19-13)14-8-10-9-17-11-4-1-2-5-12(11)18-10/h1-7,10,14H,8-9H2/t10-/m1/s1. The van der Waals surface area contributed by atoms with Gasteiger partial charge in [0.15, 0.2) is 11.5 Å². The van der Waals surface area contributed by atoms with Gasteiger partial charge < -0.3 is 9.47 Å². The number of nitrogens with one attached hydrogen (secondary N) is 1. The van der Waals surface area contributed by atoms with Crippen LogP contribution in [-0.2, 0) is 10.0 Å². The molecule has 0 radical (unpaired) electrons. The predicted molar refractivity (Wildman–Crippen MR) is 75.9 cm³/mol. The van der Waals surface area contributed by atoms with Crippen molar-refractivity contribution in [3.63, 3.8) is 0 Å². The molecule has 7 heteroatoms. The average Bonchev–Trinajstić information content (AvgIpc) is 3.00. The Morgan fingerprint density at radius 3 is 2.75 bits per heavy atom. The molecule has 3 rings (SSSR count). The number of ether oxygens (including phenoxy) is 2. The molecule has 0 saturated heterocycles. The van der Waals surface area contributed by atoms with Crippen molar-refractivity contribution in [1.29, 1.82) is 0 Å². The van der Waals surface area contributed by atoms with E-state index in [1.165, 1.54) is 11.3 Å². The van der Waals surface area contributed by atoms with Crippen LogP contribution in [-0.4, -0.2) is 27.7 Å². The molecule has 1 aliphatic rings. The fourth-order valence-electron chi connectivity index (χ4n) is 1.85. The second-order valence-corrected chi connectivity index (χ2v) is 7.22. The lowest BCUT2D eigenvalue weighted by molar-refractivity contribution is 0.0943. The summed E-state index contributed by atoms with van der Waals surface area (Å²) >= 11 is 1.18. The van der Waals surface area contributed by atoms with Gasteiger partial charge in [0.05, 0.1) is 6.54 Å². The van der Waals surface area contributed by atoms with Gasteiger partial charge in [-0.15, -0.1) is 11.3 Å². The first-order valence-electron chi connectivity index (χ1n) is 6.07. The monoisotopic (exact) mass is 311 g/mol. The van der Waals surface area contributed by atoms with Crippen molar-refractivity contribution in [2.24, 2.45) is 0 Å². The van der Waals surface area contributed by atoms with E-state index in [-0.39, 0.29) is 12.6 Å². The van der Waals surface area contributed by atoms with E-state index in [4.69, 9.17) is 9.47 Å². The topological polar surface area (TPSA) is 64.6 Å². The molecule has 1 atom stereocenters. The zero-order valence-electron chi connectivity index (χ0n) is 10.5. The predicted octanol–water partition coefficient (Wildman–Crippen LogP) is 1.87. The summed E-state index contributed by atoms with van der Waals surface area (Å²) in [5.74, 6) is 1.32. The van der Waals surface area contributed by atoms with Gasteiger partial charge in [0, 0.05) is 0 Å². The molecule has 20 heavy (non-hydrogen) atoms. The van der Waals surface area contributed by atoms with Crippen molar-refractivity contribution in [3.05, 3.63) is 41.8 Å². The Bertz CT molecular complexity index is 682. The summed E-state index contributed by atoms with van der Waals surface area (Å²) in [6.45, 7) is 0.499. The average molecular weight is 311 g/mol. The van der Waals surface area contributed by atoms with Gasteiger partial charge in [-0.2, -0.15) is 0 Å². The summed E-state index contributed by atoms with van der Waals surface area (Å²) in [6.07, 6.45) is -0.334. The van der Waals surface area contributed by atoms with Crippen LogP contribution in [0.3, 0.4) is 0 Å². The lowest BCUT2D eigenvalue weighted by atomic mass is 10.2. The maximum Gasteiger partial charge on any atom is 0.250 e. The lowest BCUT2D eigenvalue weighted by Crippen LogP contribution is -2.40. The van der Waals surface area contributed by atoms with E-state index in [1.807, 2.05) is 18.2 Å². The molecular formula is C13H13NO4S2. The molecule has 1 aliphatic heterocycles. The Morgan fingerprint density at radius 1 is 1.20 bits per heavy atom. The fraction of sp³-hybridized carbons (Fsp3) is 0.231. The maximum atomic E-state index is 12.0. The summed E-state index contributed by atoms with van der Waals surface area (Å²) < 4.78 is 38.0. The van der Waals surface area contributed by atoms with Crippen LogP contribution in [0.25, 0.3) is 0 Å². The van der Waals surface area contributed by atoms with Crippen LogP contribution in [0, 0.1) is 0 Å². The Labute approximate surface area is 121 Å². The number of benzene rings is 1. The third-order valence-electron chi connectivity index (χ3n) is 2.83. The highest BCUT2D eigenvalue weighted by atomic mass is 32.2. The summed E-state index contributed by atoms with van der Waals surface area (Å²) in [4.78, 5) is 0. The van der Waals surface area contributed by atoms with Crippen LogP contribution < -0.4 is 14.2 Å². The molecule has 5 nitrogen and oxygen atoms in total. The molecule has 0 unspecified atom stereocenters. The second-order valence-electron chi connectivity index (χ2n) is 4.28. The molecule has 0 bridgehead atoms. The van der Waals surface area contributed by atoms with Crippen LogP contribution in [0.4, 0.5) is 0 Å². The molecule has 0 amide bonds. The third kappa shape index (κ3) is 2.79. The highest BCUT2D eigenvalue weighted by Gasteiger charge is 2.23. The minimum atomic E-state index is -3.46. The molecule has 0 spiro atoms. The van der Waals surface area contributed by atoms with Crippen molar-refractivity contribution in [3.8, 4) is 11.5 Å². The normalized spacial score (nSPS) is 17.9. The Balaban J connectivity index is 1.63. The van der Waals surface area contributed by atoms with E-state index in [9.17, 15) is 8.42 Å². The largest absolute Gasteiger partial charge is 0.486 e. The molecule has 2 heterocycles. The smallest absolute Gasteiger partial charge is 0.250 e. The quantitative estimate of drug-likeness (QED) is 0.936. The number of thiophene rings is 1. The van der Waals surface area contributed by atoms with Gasteiger partial charge >= 0.3 is 0 Å². The SMILES string of the molecule is O=S(=O)(NC[C@@H]1COc2ccccc2O1)c1cccs1. The minimum Gasteiger partial charge on any atom is -0.486 e. The Hall–Kier alpha value is -1.57. The molecule has 1 N–H and O–H groups in total. The van der Waals surface area contributed by atoms with E-state index in [1.54, 1.807) is 23.6 Å². The molecule has 106 valence electrons. The van der Waals surface area contributed by atoms with Gasteiger partial charge in [0.2, 0.25) is 10.0 Å². The van der Waals surface area contributed by atoms with Gasteiger partial charge in [0.25, 0.3) is 0 Å². The van der Waals surface area contributed by atoms with Crippen molar-refractivity contribution >= 4 is 21.4 Å². The summed E-state index contributed by atoms with van der Waals surface area (Å²) in [5.41, 5.74) is 0. The van der Waals surface area contributed by atoms with Crippen molar-refractivity contribution in [1.82, 2.24) is 4.72 Å². The summed E-state index contributed by atoms with van der Waals surface area (Å²) in [5, 5.41) is 1.73. The molecule has 0 fully saturated rings. The zero-order chi connectivity index (χ0) is 14.0. The van der Waals surface area contributed by atoms with Gasteiger partial charge in [0.1, 0.15) is 16.9 Å². The minimum absolute atomic E-state index is 0.175. The van der Waals surface area contributed by atoms with Gasteiger partial charge in [-0.1, -0.05) is 18.2 Å². The zero-order valence-corrected chi connectivity index (χ0v) is 12.1. The van der Waals surface area contributed by atoms with E-state index in [0.717, 1.165) is 0 Å². The summed E-state index contributed by atoms with van der Waals surface area (Å²) in [7, 11) is -3.46. The van der Waals surface area contributed by atoms with Crippen molar-refractivity contribution in [2.45, 2.75) is 10.3 Å². The molecule has 2 aromatic rings. The number of hydrogen-bond acceptors (Lipinski definition) is 5. The van der Waals surface area contributed by atoms with Crippen LogP contribution in [0.1, 0.15) is 0 Å². The Kier molecular flexibility index (Phi) is 3.64. The van der Waals surface area contributed by atoms with Crippen LogP contribution >= 0.6 is 11.3 Å². The second kappa shape index (κ2) is 5.43. The van der Waals surface area contributed by atoms with E-state index >= 15 is 0 Å². The molecule has 0 aliphatic carbocycles. The number of fused-ring (bicyclic) bond motifs is 1. The van der Waals surface area contributed by atoms with E-state index < -0.39 is 10.0 Å². The fourth-order valence-corrected chi connectivity index (χ4v) is 3.96. The number of rotatable bonds is 4. The molecular weight excluding hydrogens is 298 g/mol. The first-order valence-corrected chi connectivity index (χ1v) is 8.43. The van der Waals surface area contributed by atoms with E-state index in [2.05, 4.69) is 4.72 Å². The number of sulfonamides is 1. The van der Waals surface area contributed by atoms with Crippen molar-refractivity contribution in [2.75, 3.05) is 13.2 Å². The van der Waals surface area contributed by atoms with Crippen molar-refractivity contribution < 1.29 is 17.9 Å². The molecule has 1 aromatic carbocycles. The van der Waals surface area contributed by atoms with E-state index in [0.29, 0.717) is 22.3 Å². The lowest BCUT2D eigenvalue weighted by Gasteiger charge is -2.26. The molecule has 0 saturated carbocycles. The number of hydrogen-bond donors (Lipinski definition) is 1. The number of para-hydroxylation sites is 2.